The highest BCUT2D eigenvalue weighted by atomic mass is 16.2. The van der Waals surface area contributed by atoms with Crippen molar-refractivity contribution in [1.82, 2.24) is 10.2 Å². The van der Waals surface area contributed by atoms with Gasteiger partial charge in [-0.2, -0.15) is 5.26 Å². The summed E-state index contributed by atoms with van der Waals surface area (Å²) in [6.45, 7) is 1.68. The minimum absolute atomic E-state index is 0.0321. The molecule has 0 bridgehead atoms. The third kappa shape index (κ3) is 2.91. The van der Waals surface area contributed by atoms with Gasteiger partial charge in [-0.15, -0.1) is 0 Å². The molecule has 0 unspecified atom stereocenters. The second-order valence-electron chi connectivity index (χ2n) is 5.23. The number of rotatable bonds is 1. The quantitative estimate of drug-likeness (QED) is 0.758. The van der Waals surface area contributed by atoms with E-state index < -0.39 is 5.54 Å². The third-order valence-electron chi connectivity index (χ3n) is 3.91. The highest BCUT2D eigenvalue weighted by Gasteiger charge is 2.36. The minimum atomic E-state index is -0.580. The van der Waals surface area contributed by atoms with Crippen LogP contribution in [0.1, 0.15) is 51.4 Å². The smallest absolute Gasteiger partial charge is 0.318 e. The van der Waals surface area contributed by atoms with Gasteiger partial charge in [0.2, 0.25) is 0 Å². The topological polar surface area (TPSA) is 56.1 Å². The highest BCUT2D eigenvalue weighted by molar-refractivity contribution is 5.75. The number of hydrogen-bond donors (Lipinski definition) is 1. The van der Waals surface area contributed by atoms with E-state index in [1.165, 1.54) is 12.8 Å². The van der Waals surface area contributed by atoms with Gasteiger partial charge in [-0.25, -0.2) is 4.79 Å². The summed E-state index contributed by atoms with van der Waals surface area (Å²) in [4.78, 5) is 14.0. The molecule has 0 spiro atoms. The Morgan fingerprint density at radius 1 is 1.06 bits per heavy atom. The molecule has 4 heteroatoms. The molecular weight excluding hydrogens is 214 g/mol. The van der Waals surface area contributed by atoms with Crippen molar-refractivity contribution in [2.75, 3.05) is 13.1 Å². The van der Waals surface area contributed by atoms with Gasteiger partial charge in [0.1, 0.15) is 5.54 Å². The van der Waals surface area contributed by atoms with E-state index in [4.69, 9.17) is 0 Å². The summed E-state index contributed by atoms with van der Waals surface area (Å²) < 4.78 is 0. The predicted molar refractivity (Wildman–Crippen MR) is 65.4 cm³/mol. The van der Waals surface area contributed by atoms with E-state index in [1.807, 2.05) is 4.90 Å². The summed E-state index contributed by atoms with van der Waals surface area (Å²) in [6.07, 6.45) is 8.33. The van der Waals surface area contributed by atoms with Gasteiger partial charge in [0.15, 0.2) is 0 Å². The van der Waals surface area contributed by atoms with E-state index in [1.54, 1.807) is 0 Å². The van der Waals surface area contributed by atoms with E-state index in [0.29, 0.717) is 0 Å². The number of nitrogens with one attached hydrogen (secondary N) is 1. The van der Waals surface area contributed by atoms with Crippen molar-refractivity contribution in [2.24, 2.45) is 0 Å². The van der Waals surface area contributed by atoms with Crippen molar-refractivity contribution in [2.45, 2.75) is 56.9 Å². The second-order valence-corrected chi connectivity index (χ2v) is 5.23. The first kappa shape index (κ1) is 12.2. The molecule has 0 radical (unpaired) electrons. The average Bonchev–Trinajstić information content (AvgIpc) is 2.64. The Kier molecular flexibility index (Phi) is 3.88. The van der Waals surface area contributed by atoms with Crippen LogP contribution in [-0.4, -0.2) is 29.6 Å². The molecule has 2 fully saturated rings. The lowest BCUT2D eigenvalue weighted by atomic mass is 10.0. The number of urea groups is 1. The second kappa shape index (κ2) is 5.39. The van der Waals surface area contributed by atoms with Crippen LogP contribution in [0.4, 0.5) is 4.79 Å². The number of nitriles is 1. The van der Waals surface area contributed by atoms with Crippen LogP contribution in [0.15, 0.2) is 0 Å². The maximum absolute atomic E-state index is 12.1. The predicted octanol–water partition coefficient (Wildman–Crippen LogP) is 2.41. The Hall–Kier alpha value is -1.24. The highest BCUT2D eigenvalue weighted by Crippen LogP contribution is 2.29. The minimum Gasteiger partial charge on any atom is -0.325 e. The fourth-order valence-corrected chi connectivity index (χ4v) is 2.80. The fraction of sp³-hybridized carbons (Fsp3) is 0.846. The molecule has 1 heterocycles. The van der Waals surface area contributed by atoms with E-state index in [0.717, 1.165) is 51.6 Å². The molecule has 1 aliphatic heterocycles. The van der Waals surface area contributed by atoms with Crippen LogP contribution in [0.5, 0.6) is 0 Å². The Bertz CT molecular complexity index is 307. The average molecular weight is 235 g/mol. The summed E-state index contributed by atoms with van der Waals surface area (Å²) in [5, 5.41) is 12.2. The first-order valence-electron chi connectivity index (χ1n) is 6.74. The molecule has 0 aromatic rings. The van der Waals surface area contributed by atoms with E-state index in [-0.39, 0.29) is 6.03 Å². The maximum atomic E-state index is 12.1. The van der Waals surface area contributed by atoms with E-state index in [2.05, 4.69) is 11.4 Å². The molecule has 0 aromatic carbocycles. The molecule has 1 N–H and O–H groups in total. The first-order chi connectivity index (χ1) is 8.26. The molecule has 2 aliphatic rings. The van der Waals surface area contributed by atoms with Crippen LogP contribution >= 0.6 is 0 Å². The third-order valence-corrected chi connectivity index (χ3v) is 3.91. The first-order valence-corrected chi connectivity index (χ1v) is 6.74. The summed E-state index contributed by atoms with van der Waals surface area (Å²) in [6, 6.07) is 2.27. The van der Waals surface area contributed by atoms with Crippen LogP contribution in [0.25, 0.3) is 0 Å². The number of likely N-dealkylation sites (tertiary alicyclic amines) is 1. The fourth-order valence-electron chi connectivity index (χ4n) is 2.80. The number of carbonyl (C=O) groups excluding carboxylic acids is 1. The van der Waals surface area contributed by atoms with Gasteiger partial charge in [0.25, 0.3) is 0 Å². The summed E-state index contributed by atoms with van der Waals surface area (Å²) >= 11 is 0. The number of amides is 2. The van der Waals surface area contributed by atoms with E-state index >= 15 is 0 Å². The molecule has 1 saturated carbocycles. The molecule has 1 aliphatic carbocycles. The van der Waals surface area contributed by atoms with Crippen LogP contribution in [0.3, 0.4) is 0 Å². The Balaban J connectivity index is 1.93. The monoisotopic (exact) mass is 235 g/mol. The van der Waals surface area contributed by atoms with Crippen molar-refractivity contribution in [1.29, 1.82) is 5.26 Å². The molecule has 2 rings (SSSR count). The molecule has 1 saturated heterocycles. The van der Waals surface area contributed by atoms with Gasteiger partial charge in [0, 0.05) is 13.1 Å². The van der Waals surface area contributed by atoms with Gasteiger partial charge >= 0.3 is 6.03 Å². The molecular formula is C13H21N3O. The van der Waals surface area contributed by atoms with Crippen molar-refractivity contribution in [3.05, 3.63) is 0 Å². The van der Waals surface area contributed by atoms with Gasteiger partial charge in [-0.05, 0) is 38.5 Å². The zero-order valence-electron chi connectivity index (χ0n) is 10.4. The SMILES string of the molecule is N#CC1(NC(=O)N2CCCCCC2)CCCC1. The largest absolute Gasteiger partial charge is 0.325 e. The molecule has 0 atom stereocenters. The zero-order chi connectivity index (χ0) is 12.1. The lowest BCUT2D eigenvalue weighted by molar-refractivity contribution is 0.191. The Morgan fingerprint density at radius 2 is 1.65 bits per heavy atom. The Labute approximate surface area is 103 Å². The standard InChI is InChI=1S/C13H21N3O/c14-11-13(7-3-4-8-13)15-12(17)16-9-5-1-2-6-10-16/h1-10H2,(H,15,17). The Morgan fingerprint density at radius 3 is 2.18 bits per heavy atom. The number of nitrogens with zero attached hydrogens (tertiary/aromatic N) is 2. The summed E-state index contributed by atoms with van der Waals surface area (Å²) in [5.74, 6) is 0. The lowest BCUT2D eigenvalue weighted by Gasteiger charge is -2.27. The summed E-state index contributed by atoms with van der Waals surface area (Å²) in [7, 11) is 0. The number of hydrogen-bond acceptors (Lipinski definition) is 2. The maximum Gasteiger partial charge on any atom is 0.318 e. The van der Waals surface area contributed by atoms with Crippen molar-refractivity contribution < 1.29 is 4.79 Å². The van der Waals surface area contributed by atoms with Crippen molar-refractivity contribution in [3.8, 4) is 6.07 Å². The molecule has 17 heavy (non-hydrogen) atoms. The molecule has 94 valence electrons. The number of carbonyl (C=O) groups is 1. The van der Waals surface area contributed by atoms with Gasteiger partial charge < -0.3 is 10.2 Å². The van der Waals surface area contributed by atoms with Crippen LogP contribution in [0.2, 0.25) is 0 Å². The van der Waals surface area contributed by atoms with Gasteiger partial charge in [-0.3, -0.25) is 0 Å². The van der Waals surface area contributed by atoms with Crippen molar-refractivity contribution in [3.63, 3.8) is 0 Å². The lowest BCUT2D eigenvalue weighted by Crippen LogP contribution is -2.51. The van der Waals surface area contributed by atoms with Gasteiger partial charge in [-0.1, -0.05) is 12.8 Å². The van der Waals surface area contributed by atoms with Crippen molar-refractivity contribution >= 4 is 6.03 Å². The molecule has 2 amide bonds. The van der Waals surface area contributed by atoms with Gasteiger partial charge in [0.05, 0.1) is 6.07 Å². The zero-order valence-corrected chi connectivity index (χ0v) is 10.4. The van der Waals surface area contributed by atoms with Crippen LogP contribution in [-0.2, 0) is 0 Å². The van der Waals surface area contributed by atoms with Crippen LogP contribution in [0, 0.1) is 11.3 Å². The van der Waals surface area contributed by atoms with E-state index in [9.17, 15) is 10.1 Å². The summed E-state index contributed by atoms with van der Waals surface area (Å²) in [5.41, 5.74) is -0.580. The molecule has 0 aromatic heterocycles. The normalized spacial score (nSPS) is 23.8. The van der Waals surface area contributed by atoms with Crippen LogP contribution < -0.4 is 5.32 Å². The molecule has 4 nitrogen and oxygen atoms in total.